The van der Waals surface area contributed by atoms with E-state index in [1.165, 1.54) is 24.3 Å². The summed E-state index contributed by atoms with van der Waals surface area (Å²) in [7, 11) is 0. The summed E-state index contributed by atoms with van der Waals surface area (Å²) in [6.45, 7) is 0. The van der Waals surface area contributed by atoms with Crippen LogP contribution in [-0.2, 0) is 0 Å². The summed E-state index contributed by atoms with van der Waals surface area (Å²) in [6.07, 6.45) is 0. The third kappa shape index (κ3) is 2.56. The van der Waals surface area contributed by atoms with Crippen LogP contribution in [0.3, 0.4) is 0 Å². The lowest BCUT2D eigenvalue weighted by atomic mass is 10.1. The minimum absolute atomic E-state index is 0.158. The zero-order valence-electron chi connectivity index (χ0n) is 11.0. The van der Waals surface area contributed by atoms with Gasteiger partial charge in [0.2, 0.25) is 0 Å². The van der Waals surface area contributed by atoms with Crippen molar-refractivity contribution in [2.45, 2.75) is 0 Å². The van der Waals surface area contributed by atoms with Crippen molar-refractivity contribution < 1.29 is 14.3 Å². The van der Waals surface area contributed by atoms with Gasteiger partial charge in [-0.25, -0.2) is 4.39 Å². The molecule has 0 fully saturated rings. The number of phenols is 1. The van der Waals surface area contributed by atoms with E-state index in [0.29, 0.717) is 16.6 Å². The Bertz CT molecular complexity index is 813. The molecule has 0 unspecified atom stereocenters. The Morgan fingerprint density at radius 1 is 0.905 bits per heavy atom. The van der Waals surface area contributed by atoms with Crippen molar-refractivity contribution in [1.29, 1.82) is 0 Å². The highest BCUT2D eigenvalue weighted by Gasteiger charge is 2.09. The second-order valence-electron chi connectivity index (χ2n) is 4.64. The molecular formula is C17H12FNO2. The van der Waals surface area contributed by atoms with Crippen molar-refractivity contribution in [2.75, 3.05) is 5.32 Å². The highest BCUT2D eigenvalue weighted by Crippen LogP contribution is 2.29. The zero-order valence-corrected chi connectivity index (χ0v) is 11.0. The van der Waals surface area contributed by atoms with Gasteiger partial charge in [-0.15, -0.1) is 0 Å². The van der Waals surface area contributed by atoms with Crippen molar-refractivity contribution in [1.82, 2.24) is 0 Å². The Kier molecular flexibility index (Phi) is 3.28. The molecule has 1 amide bonds. The first-order chi connectivity index (χ1) is 10.1. The van der Waals surface area contributed by atoms with E-state index < -0.39 is 0 Å². The average Bonchev–Trinajstić information content (AvgIpc) is 2.49. The van der Waals surface area contributed by atoms with Gasteiger partial charge in [0.15, 0.2) is 0 Å². The lowest BCUT2D eigenvalue weighted by Crippen LogP contribution is -2.12. The summed E-state index contributed by atoms with van der Waals surface area (Å²) >= 11 is 0. The summed E-state index contributed by atoms with van der Waals surface area (Å²) in [4.78, 5) is 12.2. The van der Waals surface area contributed by atoms with Crippen LogP contribution in [0.25, 0.3) is 10.8 Å². The van der Waals surface area contributed by atoms with Crippen LogP contribution in [0, 0.1) is 5.82 Å². The zero-order chi connectivity index (χ0) is 14.8. The van der Waals surface area contributed by atoms with Gasteiger partial charge in [0.25, 0.3) is 5.91 Å². The molecule has 0 spiro atoms. The number of phenolic OH excluding ortho intramolecular Hbond substituents is 1. The first kappa shape index (κ1) is 13.1. The van der Waals surface area contributed by atoms with E-state index >= 15 is 0 Å². The van der Waals surface area contributed by atoms with Gasteiger partial charge in [-0.05, 0) is 36.4 Å². The lowest BCUT2D eigenvalue weighted by molar-refractivity contribution is 0.102. The van der Waals surface area contributed by atoms with Gasteiger partial charge >= 0.3 is 0 Å². The highest BCUT2D eigenvalue weighted by atomic mass is 19.1. The topological polar surface area (TPSA) is 49.3 Å². The normalized spacial score (nSPS) is 10.5. The molecule has 3 rings (SSSR count). The van der Waals surface area contributed by atoms with E-state index in [-0.39, 0.29) is 17.5 Å². The second-order valence-corrected chi connectivity index (χ2v) is 4.64. The fourth-order valence-corrected chi connectivity index (χ4v) is 2.20. The molecule has 0 radical (unpaired) electrons. The van der Waals surface area contributed by atoms with E-state index in [4.69, 9.17) is 0 Å². The summed E-state index contributed by atoms with van der Waals surface area (Å²) in [5.74, 6) is -0.558. The predicted molar refractivity (Wildman–Crippen MR) is 80.0 cm³/mol. The summed E-state index contributed by atoms with van der Waals surface area (Å²) < 4.78 is 12.9. The van der Waals surface area contributed by atoms with E-state index in [1.807, 2.05) is 6.07 Å². The van der Waals surface area contributed by atoms with Crippen molar-refractivity contribution >= 4 is 22.4 Å². The molecule has 0 saturated heterocycles. The number of hydrogen-bond acceptors (Lipinski definition) is 2. The molecule has 0 saturated carbocycles. The Morgan fingerprint density at radius 2 is 1.57 bits per heavy atom. The van der Waals surface area contributed by atoms with Crippen molar-refractivity contribution in [2.24, 2.45) is 0 Å². The second kappa shape index (κ2) is 5.25. The van der Waals surface area contributed by atoms with E-state index in [9.17, 15) is 14.3 Å². The number of halogens is 1. The summed E-state index contributed by atoms with van der Waals surface area (Å²) in [5, 5.41) is 14.0. The van der Waals surface area contributed by atoms with Crippen LogP contribution in [0.15, 0.2) is 60.7 Å². The van der Waals surface area contributed by atoms with Gasteiger partial charge in [0, 0.05) is 22.0 Å². The van der Waals surface area contributed by atoms with E-state index in [2.05, 4.69) is 5.32 Å². The van der Waals surface area contributed by atoms with Gasteiger partial charge < -0.3 is 10.4 Å². The number of carbonyl (C=O) groups is 1. The fraction of sp³-hybridized carbons (Fsp3) is 0. The number of benzene rings is 3. The van der Waals surface area contributed by atoms with Crippen LogP contribution < -0.4 is 5.32 Å². The molecule has 104 valence electrons. The molecule has 21 heavy (non-hydrogen) atoms. The average molecular weight is 281 g/mol. The standard InChI is InChI=1S/C17H12FNO2/c18-12-9-7-11(8-10-12)17(21)19-15-5-1-4-14-13(15)3-2-6-16(14)20/h1-10,20H,(H,19,21). The molecule has 0 atom stereocenters. The molecule has 3 aromatic carbocycles. The quantitative estimate of drug-likeness (QED) is 0.747. The SMILES string of the molecule is O=C(Nc1cccc2c(O)cccc12)c1ccc(F)cc1. The molecule has 0 heterocycles. The summed E-state index contributed by atoms with van der Waals surface area (Å²) in [5.41, 5.74) is 0.964. The number of hydrogen-bond donors (Lipinski definition) is 2. The third-order valence-electron chi connectivity index (χ3n) is 3.25. The number of aromatic hydroxyl groups is 1. The number of carbonyl (C=O) groups excluding carboxylic acids is 1. The van der Waals surface area contributed by atoms with Gasteiger partial charge in [-0.3, -0.25) is 4.79 Å². The molecule has 0 aliphatic heterocycles. The van der Waals surface area contributed by atoms with Gasteiger partial charge in [-0.1, -0.05) is 24.3 Å². The minimum atomic E-state index is -0.387. The Balaban J connectivity index is 1.96. The van der Waals surface area contributed by atoms with Crippen LogP contribution >= 0.6 is 0 Å². The number of fused-ring (bicyclic) bond motifs is 1. The monoisotopic (exact) mass is 281 g/mol. The van der Waals surface area contributed by atoms with Crippen LogP contribution in [0.4, 0.5) is 10.1 Å². The van der Waals surface area contributed by atoms with E-state index in [0.717, 1.165) is 5.39 Å². The smallest absolute Gasteiger partial charge is 0.255 e. The van der Waals surface area contributed by atoms with Crippen LogP contribution in [0.1, 0.15) is 10.4 Å². The molecule has 2 N–H and O–H groups in total. The van der Waals surface area contributed by atoms with Gasteiger partial charge in [0.1, 0.15) is 11.6 Å². The first-order valence-electron chi connectivity index (χ1n) is 6.43. The summed E-state index contributed by atoms with van der Waals surface area (Å²) in [6, 6.07) is 15.7. The number of nitrogens with one attached hydrogen (secondary N) is 1. The molecular weight excluding hydrogens is 269 g/mol. The highest BCUT2D eigenvalue weighted by molar-refractivity contribution is 6.09. The molecule has 0 aromatic heterocycles. The van der Waals surface area contributed by atoms with Crippen molar-refractivity contribution in [3.8, 4) is 5.75 Å². The molecule has 0 aliphatic rings. The Morgan fingerprint density at radius 3 is 2.33 bits per heavy atom. The van der Waals surface area contributed by atoms with Crippen LogP contribution in [0.5, 0.6) is 5.75 Å². The maximum absolute atomic E-state index is 12.9. The Hall–Kier alpha value is -2.88. The first-order valence-corrected chi connectivity index (χ1v) is 6.43. The van der Waals surface area contributed by atoms with Crippen LogP contribution in [0.2, 0.25) is 0 Å². The number of rotatable bonds is 2. The molecule has 0 aliphatic carbocycles. The molecule has 0 bridgehead atoms. The maximum Gasteiger partial charge on any atom is 0.255 e. The van der Waals surface area contributed by atoms with Gasteiger partial charge in [0.05, 0.1) is 0 Å². The largest absolute Gasteiger partial charge is 0.507 e. The fourth-order valence-electron chi connectivity index (χ4n) is 2.20. The molecule has 4 heteroatoms. The number of amides is 1. The maximum atomic E-state index is 12.9. The van der Waals surface area contributed by atoms with Gasteiger partial charge in [-0.2, -0.15) is 0 Å². The Labute approximate surface area is 120 Å². The minimum Gasteiger partial charge on any atom is -0.507 e. The molecule has 3 aromatic rings. The predicted octanol–water partition coefficient (Wildman–Crippen LogP) is 3.94. The third-order valence-corrected chi connectivity index (χ3v) is 3.25. The lowest BCUT2D eigenvalue weighted by Gasteiger charge is -2.09. The van der Waals surface area contributed by atoms with Crippen molar-refractivity contribution in [3.63, 3.8) is 0 Å². The molecule has 3 nitrogen and oxygen atoms in total. The van der Waals surface area contributed by atoms with E-state index in [1.54, 1.807) is 30.3 Å². The number of anilines is 1. The van der Waals surface area contributed by atoms with Crippen molar-refractivity contribution in [3.05, 3.63) is 72.0 Å². The van der Waals surface area contributed by atoms with Crippen LogP contribution in [-0.4, -0.2) is 11.0 Å².